The second-order valence-electron chi connectivity index (χ2n) is 7.89. The van der Waals surface area contributed by atoms with Gasteiger partial charge in [0, 0.05) is 12.6 Å². The average molecular weight is 336 g/mol. The topological polar surface area (TPSA) is 75.1 Å². The van der Waals surface area contributed by atoms with E-state index in [1.807, 2.05) is 25.7 Å². The molecule has 0 saturated heterocycles. The fraction of sp³-hybridized carbons (Fsp3) is 0.824. The number of anilines is 1. The van der Waals surface area contributed by atoms with Crippen molar-refractivity contribution in [3.8, 4) is 0 Å². The van der Waals surface area contributed by atoms with Crippen molar-refractivity contribution in [1.29, 1.82) is 0 Å². The number of nitrogens with one attached hydrogen (secondary N) is 2. The monoisotopic (exact) mass is 336 g/mol. The molecular formula is C17H32N6O. The molecular weight excluding hydrogens is 304 g/mol. The fourth-order valence-electron chi connectivity index (χ4n) is 3.34. The Morgan fingerprint density at radius 1 is 1.38 bits per heavy atom. The van der Waals surface area contributed by atoms with Gasteiger partial charge in [-0.15, -0.1) is 5.10 Å². The number of hydrogen-bond donors (Lipinski definition) is 2. The molecule has 1 saturated carbocycles. The lowest BCUT2D eigenvalue weighted by atomic mass is 9.85. The van der Waals surface area contributed by atoms with Gasteiger partial charge in [0.05, 0.1) is 6.04 Å². The van der Waals surface area contributed by atoms with E-state index in [9.17, 15) is 4.79 Å². The van der Waals surface area contributed by atoms with Crippen molar-refractivity contribution in [1.82, 2.24) is 25.0 Å². The molecule has 2 N–H and O–H groups in total. The number of aromatic nitrogens is 3. The van der Waals surface area contributed by atoms with E-state index in [2.05, 4.69) is 39.5 Å². The molecule has 0 radical (unpaired) electrons. The highest BCUT2D eigenvalue weighted by Gasteiger charge is 2.28. The minimum Gasteiger partial charge on any atom is -0.335 e. The molecule has 1 aliphatic rings. The van der Waals surface area contributed by atoms with Gasteiger partial charge in [0.15, 0.2) is 0 Å². The van der Waals surface area contributed by atoms with Crippen molar-refractivity contribution < 1.29 is 4.79 Å². The Kier molecular flexibility index (Phi) is 6.21. The van der Waals surface area contributed by atoms with Crippen LogP contribution in [0.15, 0.2) is 6.33 Å². The molecule has 0 bridgehead atoms. The molecule has 1 aromatic heterocycles. The van der Waals surface area contributed by atoms with Gasteiger partial charge in [0.25, 0.3) is 0 Å². The number of amides is 2. The molecule has 136 valence electrons. The van der Waals surface area contributed by atoms with Gasteiger partial charge in [0.1, 0.15) is 6.33 Å². The SMILES string of the molecule is CC(NC(=O)Nc1ncn(C2CCCCC2)n1)C(C)(C)CN(C)C. The Hall–Kier alpha value is -1.63. The van der Waals surface area contributed by atoms with Gasteiger partial charge < -0.3 is 10.2 Å². The fourth-order valence-corrected chi connectivity index (χ4v) is 3.34. The molecule has 1 heterocycles. The van der Waals surface area contributed by atoms with Crippen molar-refractivity contribution in [2.24, 2.45) is 5.41 Å². The normalized spacial score (nSPS) is 17.8. The number of carbonyl (C=O) groups is 1. The number of hydrogen-bond acceptors (Lipinski definition) is 4. The summed E-state index contributed by atoms with van der Waals surface area (Å²) in [6.45, 7) is 7.21. The van der Waals surface area contributed by atoms with E-state index in [1.54, 1.807) is 6.33 Å². The zero-order valence-electron chi connectivity index (χ0n) is 15.7. The molecule has 0 spiro atoms. The number of urea groups is 1. The van der Waals surface area contributed by atoms with Gasteiger partial charge in [-0.2, -0.15) is 0 Å². The third-order valence-corrected chi connectivity index (χ3v) is 4.93. The summed E-state index contributed by atoms with van der Waals surface area (Å²) in [5.74, 6) is 0.371. The highest BCUT2D eigenvalue weighted by atomic mass is 16.2. The largest absolute Gasteiger partial charge is 0.335 e. The third kappa shape index (κ3) is 5.19. The van der Waals surface area contributed by atoms with Crippen LogP contribution < -0.4 is 10.6 Å². The summed E-state index contributed by atoms with van der Waals surface area (Å²) < 4.78 is 1.90. The molecule has 7 nitrogen and oxygen atoms in total. The van der Waals surface area contributed by atoms with E-state index >= 15 is 0 Å². The lowest BCUT2D eigenvalue weighted by Crippen LogP contribution is -2.48. The summed E-state index contributed by atoms with van der Waals surface area (Å²) in [6.07, 6.45) is 7.80. The van der Waals surface area contributed by atoms with Gasteiger partial charge in [-0.05, 0) is 39.3 Å². The maximum absolute atomic E-state index is 12.2. The minimum atomic E-state index is -0.254. The van der Waals surface area contributed by atoms with Crippen molar-refractivity contribution in [2.75, 3.05) is 26.0 Å². The molecule has 1 fully saturated rings. The first-order chi connectivity index (χ1) is 11.3. The first-order valence-corrected chi connectivity index (χ1v) is 8.91. The van der Waals surface area contributed by atoms with Crippen LogP contribution in [0, 0.1) is 5.41 Å². The molecule has 7 heteroatoms. The summed E-state index contributed by atoms with van der Waals surface area (Å²) in [4.78, 5) is 18.6. The predicted molar refractivity (Wildman–Crippen MR) is 96.1 cm³/mol. The first kappa shape index (κ1) is 18.7. The molecule has 1 aliphatic carbocycles. The molecule has 0 aromatic carbocycles. The summed E-state index contributed by atoms with van der Waals surface area (Å²) in [5.41, 5.74) is -0.0320. The molecule has 24 heavy (non-hydrogen) atoms. The van der Waals surface area contributed by atoms with Crippen LogP contribution in [0.25, 0.3) is 0 Å². The Morgan fingerprint density at radius 2 is 2.04 bits per heavy atom. The maximum Gasteiger partial charge on any atom is 0.321 e. The van der Waals surface area contributed by atoms with Crippen LogP contribution in [-0.4, -0.2) is 52.4 Å². The smallest absolute Gasteiger partial charge is 0.321 e. The van der Waals surface area contributed by atoms with Crippen LogP contribution in [0.4, 0.5) is 10.7 Å². The summed E-state index contributed by atoms with van der Waals surface area (Å²) in [6, 6.07) is 0.193. The Balaban J connectivity index is 1.87. The van der Waals surface area contributed by atoms with Crippen LogP contribution >= 0.6 is 0 Å². The van der Waals surface area contributed by atoms with Crippen LogP contribution in [-0.2, 0) is 0 Å². The zero-order chi connectivity index (χ0) is 17.7. The highest BCUT2D eigenvalue weighted by Crippen LogP contribution is 2.27. The number of nitrogens with zero attached hydrogens (tertiary/aromatic N) is 4. The van der Waals surface area contributed by atoms with Crippen LogP contribution in [0.1, 0.15) is 58.9 Å². The van der Waals surface area contributed by atoms with E-state index in [1.165, 1.54) is 19.3 Å². The molecule has 2 rings (SSSR count). The lowest BCUT2D eigenvalue weighted by molar-refractivity contribution is 0.183. The quantitative estimate of drug-likeness (QED) is 0.837. The van der Waals surface area contributed by atoms with E-state index in [-0.39, 0.29) is 17.5 Å². The molecule has 1 aromatic rings. The summed E-state index contributed by atoms with van der Waals surface area (Å²) >= 11 is 0. The van der Waals surface area contributed by atoms with Gasteiger partial charge in [0.2, 0.25) is 5.95 Å². The van der Waals surface area contributed by atoms with Crippen LogP contribution in [0.5, 0.6) is 0 Å². The van der Waals surface area contributed by atoms with Gasteiger partial charge >= 0.3 is 6.03 Å². The van der Waals surface area contributed by atoms with E-state index < -0.39 is 0 Å². The first-order valence-electron chi connectivity index (χ1n) is 8.91. The standard InChI is InChI=1S/C17H32N6O/c1-13(17(2,3)11-22(4)5)19-16(24)20-15-18-12-23(21-15)14-9-7-6-8-10-14/h12-14H,6-11H2,1-5H3,(H2,19,20,21,24). The Labute approximate surface area is 145 Å². The lowest BCUT2D eigenvalue weighted by Gasteiger charge is -2.34. The van der Waals surface area contributed by atoms with Crippen LogP contribution in [0.3, 0.4) is 0 Å². The number of rotatable bonds is 6. The van der Waals surface area contributed by atoms with Crippen molar-refractivity contribution in [3.63, 3.8) is 0 Å². The van der Waals surface area contributed by atoms with Crippen molar-refractivity contribution in [2.45, 2.75) is 65.0 Å². The maximum atomic E-state index is 12.2. The molecule has 2 amide bonds. The van der Waals surface area contributed by atoms with Gasteiger partial charge in [-0.3, -0.25) is 5.32 Å². The minimum absolute atomic E-state index is 0.0281. The Bertz CT molecular complexity index is 533. The molecule has 1 atom stereocenters. The molecule has 1 unspecified atom stereocenters. The second kappa shape index (κ2) is 7.96. The summed E-state index contributed by atoms with van der Waals surface area (Å²) in [5, 5.41) is 10.2. The highest BCUT2D eigenvalue weighted by molar-refractivity contribution is 5.87. The predicted octanol–water partition coefficient (Wildman–Crippen LogP) is 2.88. The van der Waals surface area contributed by atoms with E-state index in [0.29, 0.717) is 12.0 Å². The van der Waals surface area contributed by atoms with E-state index in [4.69, 9.17) is 0 Å². The van der Waals surface area contributed by atoms with Gasteiger partial charge in [-0.1, -0.05) is 33.1 Å². The number of carbonyl (C=O) groups excluding carboxylic acids is 1. The van der Waals surface area contributed by atoms with Crippen molar-refractivity contribution in [3.05, 3.63) is 6.33 Å². The van der Waals surface area contributed by atoms with Gasteiger partial charge in [-0.25, -0.2) is 14.5 Å². The Morgan fingerprint density at radius 3 is 2.67 bits per heavy atom. The third-order valence-electron chi connectivity index (χ3n) is 4.93. The summed E-state index contributed by atoms with van der Waals surface area (Å²) in [7, 11) is 4.08. The van der Waals surface area contributed by atoms with E-state index in [0.717, 1.165) is 19.4 Å². The average Bonchev–Trinajstić information content (AvgIpc) is 2.95. The van der Waals surface area contributed by atoms with Crippen LogP contribution in [0.2, 0.25) is 0 Å². The zero-order valence-corrected chi connectivity index (χ0v) is 15.7. The molecule has 0 aliphatic heterocycles. The van der Waals surface area contributed by atoms with Crippen molar-refractivity contribution >= 4 is 12.0 Å². The second-order valence-corrected chi connectivity index (χ2v) is 7.89.